The molecule has 118 valence electrons. The van der Waals surface area contributed by atoms with Gasteiger partial charge in [0.1, 0.15) is 0 Å². The highest BCUT2D eigenvalue weighted by Gasteiger charge is 2.28. The van der Waals surface area contributed by atoms with Gasteiger partial charge in [-0.25, -0.2) is 12.7 Å². The van der Waals surface area contributed by atoms with Crippen LogP contribution in [0.15, 0.2) is 12.1 Å². The maximum Gasteiger partial charge on any atom is 0.261 e. The van der Waals surface area contributed by atoms with Crippen LogP contribution in [0.2, 0.25) is 4.34 Å². The minimum Gasteiger partial charge on any atom is -0.349 e. The smallest absolute Gasteiger partial charge is 0.261 e. The van der Waals surface area contributed by atoms with E-state index >= 15 is 0 Å². The summed E-state index contributed by atoms with van der Waals surface area (Å²) in [6, 6.07) is 3.41. The Morgan fingerprint density at radius 1 is 1.43 bits per heavy atom. The van der Waals surface area contributed by atoms with Crippen LogP contribution in [0.25, 0.3) is 0 Å². The molecule has 1 aromatic heterocycles. The fourth-order valence-electron chi connectivity index (χ4n) is 2.36. The predicted molar refractivity (Wildman–Crippen MR) is 85.5 cm³/mol. The Morgan fingerprint density at radius 3 is 2.62 bits per heavy atom. The third-order valence-electron chi connectivity index (χ3n) is 3.44. The zero-order chi connectivity index (χ0) is 15.5. The standard InChI is InChI=1S/C13H19ClN2O3S2/c1-2-9-21(18,19)16-7-5-10(6-8-16)15-13(17)11-3-4-12(14)20-11/h3-4,10H,2,5-9H2,1H3,(H,15,17). The van der Waals surface area contributed by atoms with Gasteiger partial charge in [-0.3, -0.25) is 4.79 Å². The van der Waals surface area contributed by atoms with Gasteiger partial charge in [0.25, 0.3) is 5.91 Å². The summed E-state index contributed by atoms with van der Waals surface area (Å²) < 4.78 is 26.0. The molecule has 1 aliphatic rings. The fourth-order valence-corrected chi connectivity index (χ4v) is 4.85. The molecule has 0 spiro atoms. The molecule has 1 aliphatic heterocycles. The van der Waals surface area contributed by atoms with Gasteiger partial charge >= 0.3 is 0 Å². The Labute approximate surface area is 134 Å². The van der Waals surface area contributed by atoms with E-state index in [-0.39, 0.29) is 17.7 Å². The highest BCUT2D eigenvalue weighted by molar-refractivity contribution is 7.89. The second-order valence-electron chi connectivity index (χ2n) is 5.07. The molecule has 2 heterocycles. The van der Waals surface area contributed by atoms with Crippen LogP contribution < -0.4 is 5.32 Å². The van der Waals surface area contributed by atoms with Gasteiger partial charge < -0.3 is 5.32 Å². The number of nitrogens with zero attached hydrogens (tertiary/aromatic N) is 1. The van der Waals surface area contributed by atoms with Crippen LogP contribution in [0.3, 0.4) is 0 Å². The van der Waals surface area contributed by atoms with E-state index in [9.17, 15) is 13.2 Å². The van der Waals surface area contributed by atoms with E-state index in [4.69, 9.17) is 11.6 Å². The molecule has 0 atom stereocenters. The van der Waals surface area contributed by atoms with Gasteiger partial charge in [-0.05, 0) is 31.4 Å². The first kappa shape index (κ1) is 16.7. The number of halogens is 1. The largest absolute Gasteiger partial charge is 0.349 e. The Hall–Kier alpha value is -0.630. The van der Waals surface area contributed by atoms with E-state index in [1.54, 1.807) is 12.1 Å². The SMILES string of the molecule is CCCS(=O)(=O)N1CCC(NC(=O)c2ccc(Cl)s2)CC1. The molecule has 8 heteroatoms. The number of piperidine rings is 1. The number of nitrogens with one attached hydrogen (secondary N) is 1. The van der Waals surface area contributed by atoms with Gasteiger partial charge in [-0.1, -0.05) is 18.5 Å². The quantitative estimate of drug-likeness (QED) is 0.886. The van der Waals surface area contributed by atoms with Gasteiger partial charge in [-0.15, -0.1) is 11.3 Å². The summed E-state index contributed by atoms with van der Waals surface area (Å²) >= 11 is 7.05. The van der Waals surface area contributed by atoms with Crippen LogP contribution in [0.5, 0.6) is 0 Å². The molecule has 1 aromatic rings. The predicted octanol–water partition coefficient (Wildman–Crippen LogP) is 2.34. The number of carbonyl (C=O) groups is 1. The van der Waals surface area contributed by atoms with Crippen molar-refractivity contribution in [1.82, 2.24) is 9.62 Å². The topological polar surface area (TPSA) is 66.5 Å². The van der Waals surface area contributed by atoms with Crippen molar-refractivity contribution in [2.24, 2.45) is 0 Å². The molecule has 5 nitrogen and oxygen atoms in total. The van der Waals surface area contributed by atoms with Crippen molar-refractivity contribution >= 4 is 38.9 Å². The van der Waals surface area contributed by atoms with Crippen LogP contribution in [-0.2, 0) is 10.0 Å². The molecule has 0 aromatic carbocycles. The molecule has 0 radical (unpaired) electrons. The summed E-state index contributed by atoms with van der Waals surface area (Å²) in [7, 11) is -3.13. The number of sulfonamides is 1. The first-order valence-electron chi connectivity index (χ1n) is 6.96. The minimum atomic E-state index is -3.13. The van der Waals surface area contributed by atoms with E-state index in [0.29, 0.717) is 41.6 Å². The average Bonchev–Trinajstić information content (AvgIpc) is 2.86. The molecule has 1 fully saturated rings. The van der Waals surface area contributed by atoms with Crippen molar-refractivity contribution in [2.75, 3.05) is 18.8 Å². The zero-order valence-corrected chi connectivity index (χ0v) is 14.2. The molecule has 0 saturated carbocycles. The van der Waals surface area contributed by atoms with Crippen LogP contribution in [0.1, 0.15) is 35.9 Å². The molecule has 1 amide bonds. The minimum absolute atomic E-state index is 0.0199. The molecule has 0 bridgehead atoms. The molecule has 1 N–H and O–H groups in total. The first-order valence-corrected chi connectivity index (χ1v) is 9.76. The van der Waals surface area contributed by atoms with Gasteiger partial charge in [-0.2, -0.15) is 0 Å². The number of carbonyl (C=O) groups excluding carboxylic acids is 1. The van der Waals surface area contributed by atoms with Gasteiger partial charge in [0.2, 0.25) is 10.0 Å². The summed E-state index contributed by atoms with van der Waals surface area (Å²) in [5.41, 5.74) is 0. The number of hydrogen-bond donors (Lipinski definition) is 1. The number of hydrogen-bond acceptors (Lipinski definition) is 4. The maximum atomic E-state index is 12.0. The second kappa shape index (κ2) is 7.09. The van der Waals surface area contributed by atoms with E-state index in [1.807, 2.05) is 6.92 Å². The van der Waals surface area contributed by atoms with Crippen molar-refractivity contribution in [3.63, 3.8) is 0 Å². The molecule has 2 rings (SSSR count). The molecule has 0 unspecified atom stereocenters. The summed E-state index contributed by atoms with van der Waals surface area (Å²) in [4.78, 5) is 12.6. The lowest BCUT2D eigenvalue weighted by Gasteiger charge is -2.31. The monoisotopic (exact) mass is 350 g/mol. The summed E-state index contributed by atoms with van der Waals surface area (Å²) in [5, 5.41) is 2.94. The van der Waals surface area contributed by atoms with Gasteiger partial charge in [0.05, 0.1) is 15.0 Å². The number of rotatable bonds is 5. The van der Waals surface area contributed by atoms with Crippen LogP contribution in [-0.4, -0.2) is 43.5 Å². The molecular formula is C13H19ClN2O3S2. The maximum absolute atomic E-state index is 12.0. The Kier molecular flexibility index (Phi) is 5.65. The number of amides is 1. The Balaban J connectivity index is 1.86. The average molecular weight is 351 g/mol. The second-order valence-corrected chi connectivity index (χ2v) is 8.87. The van der Waals surface area contributed by atoms with E-state index in [2.05, 4.69) is 5.32 Å². The lowest BCUT2D eigenvalue weighted by Crippen LogP contribution is -2.46. The summed E-state index contributed by atoms with van der Waals surface area (Å²) in [6.07, 6.45) is 1.92. The van der Waals surface area contributed by atoms with E-state index < -0.39 is 10.0 Å². The zero-order valence-electron chi connectivity index (χ0n) is 11.8. The molecular weight excluding hydrogens is 332 g/mol. The van der Waals surface area contributed by atoms with Gasteiger partial charge in [0.15, 0.2) is 0 Å². The first-order chi connectivity index (χ1) is 9.92. The molecule has 21 heavy (non-hydrogen) atoms. The summed E-state index contributed by atoms with van der Waals surface area (Å²) in [5.74, 6) is 0.0549. The van der Waals surface area contributed by atoms with Crippen molar-refractivity contribution in [3.05, 3.63) is 21.3 Å². The molecule has 1 saturated heterocycles. The lowest BCUT2D eigenvalue weighted by molar-refractivity contribution is 0.0928. The van der Waals surface area contributed by atoms with Crippen molar-refractivity contribution in [3.8, 4) is 0 Å². The highest BCUT2D eigenvalue weighted by atomic mass is 35.5. The highest BCUT2D eigenvalue weighted by Crippen LogP contribution is 2.22. The third kappa shape index (κ3) is 4.42. The normalized spacial score (nSPS) is 17.8. The third-order valence-corrected chi connectivity index (χ3v) is 6.75. The van der Waals surface area contributed by atoms with Crippen LogP contribution in [0, 0.1) is 0 Å². The fraction of sp³-hybridized carbons (Fsp3) is 0.615. The van der Waals surface area contributed by atoms with Crippen LogP contribution >= 0.6 is 22.9 Å². The van der Waals surface area contributed by atoms with E-state index in [1.165, 1.54) is 15.6 Å². The number of thiophene rings is 1. The van der Waals surface area contributed by atoms with Crippen LogP contribution in [0.4, 0.5) is 0 Å². The summed E-state index contributed by atoms with van der Waals surface area (Å²) in [6.45, 7) is 2.80. The van der Waals surface area contributed by atoms with Crippen molar-refractivity contribution in [2.45, 2.75) is 32.2 Å². The van der Waals surface area contributed by atoms with E-state index in [0.717, 1.165) is 0 Å². The Bertz CT molecular complexity index is 592. The lowest BCUT2D eigenvalue weighted by atomic mass is 10.1. The van der Waals surface area contributed by atoms with Gasteiger partial charge in [0, 0.05) is 19.1 Å². The Morgan fingerprint density at radius 2 is 2.10 bits per heavy atom. The van der Waals surface area contributed by atoms with Crippen molar-refractivity contribution < 1.29 is 13.2 Å². The van der Waals surface area contributed by atoms with Crippen molar-refractivity contribution in [1.29, 1.82) is 0 Å². The molecule has 0 aliphatic carbocycles.